The van der Waals surface area contributed by atoms with E-state index in [1.807, 2.05) is 51.1 Å². The summed E-state index contributed by atoms with van der Waals surface area (Å²) < 4.78 is 24.4. The van der Waals surface area contributed by atoms with Gasteiger partial charge >= 0.3 is 12.1 Å². The predicted molar refractivity (Wildman–Crippen MR) is 178 cm³/mol. The number of esters is 1. The summed E-state index contributed by atoms with van der Waals surface area (Å²) in [6.07, 6.45) is 1.05. The van der Waals surface area contributed by atoms with Crippen LogP contribution < -0.4 is 10.1 Å². The van der Waals surface area contributed by atoms with Crippen molar-refractivity contribution in [3.05, 3.63) is 69.8 Å². The van der Waals surface area contributed by atoms with Crippen LogP contribution in [0.15, 0.2) is 55.1 Å². The van der Waals surface area contributed by atoms with Gasteiger partial charge in [0.2, 0.25) is 0 Å². The highest BCUT2D eigenvalue weighted by Crippen LogP contribution is 2.42. The summed E-state index contributed by atoms with van der Waals surface area (Å²) in [4.78, 5) is 27.5. The summed E-state index contributed by atoms with van der Waals surface area (Å²) in [6.45, 7) is 21.3. The summed E-state index contributed by atoms with van der Waals surface area (Å²) in [5.74, 6) is 0.0969. The lowest BCUT2D eigenvalue weighted by Gasteiger charge is -2.38. The van der Waals surface area contributed by atoms with E-state index < -0.39 is 26.0 Å². The van der Waals surface area contributed by atoms with Crippen molar-refractivity contribution in [2.75, 3.05) is 19.0 Å². The molecular formula is C32H45IN2O6Si. The summed E-state index contributed by atoms with van der Waals surface area (Å²) >= 11 is 2.21. The fraction of sp³-hybridized carbons (Fsp3) is 0.500. The van der Waals surface area contributed by atoms with Gasteiger partial charge in [0.1, 0.15) is 18.0 Å². The first-order valence-electron chi connectivity index (χ1n) is 14.1. The average Bonchev–Trinajstić information content (AvgIpc) is 3.63. The van der Waals surface area contributed by atoms with E-state index in [4.69, 9.17) is 18.6 Å². The molecule has 3 rings (SSSR count). The predicted octanol–water partition coefficient (Wildman–Crippen LogP) is 7.63. The zero-order chi connectivity index (χ0) is 31.5. The fourth-order valence-corrected chi connectivity index (χ4v) is 6.19. The number of amides is 1. The first kappa shape index (κ1) is 33.9. The van der Waals surface area contributed by atoms with E-state index in [0.717, 1.165) is 9.13 Å². The molecule has 0 saturated carbocycles. The fourth-order valence-electron chi connectivity index (χ4n) is 4.26. The van der Waals surface area contributed by atoms with E-state index in [1.165, 1.54) is 7.11 Å². The van der Waals surface area contributed by atoms with Gasteiger partial charge in [-0.25, -0.2) is 9.59 Å². The Balaban J connectivity index is 1.87. The number of nitrogens with one attached hydrogen (secondary N) is 1. The Morgan fingerprint density at radius 3 is 2.31 bits per heavy atom. The lowest BCUT2D eigenvalue weighted by Crippen LogP contribution is -2.45. The lowest BCUT2D eigenvalue weighted by molar-refractivity contribution is 0.0373. The molecule has 8 nitrogen and oxygen atoms in total. The zero-order valence-corrected chi connectivity index (χ0v) is 29.4. The number of benzene rings is 2. The van der Waals surface area contributed by atoms with Crippen LogP contribution in [0.25, 0.3) is 0 Å². The smallest absolute Gasteiger partial charge is 0.411 e. The molecule has 1 heterocycles. The molecule has 1 N–H and O–H groups in total. The van der Waals surface area contributed by atoms with E-state index in [0.29, 0.717) is 30.2 Å². The second kappa shape index (κ2) is 13.4. The van der Waals surface area contributed by atoms with Crippen LogP contribution in [0.2, 0.25) is 18.1 Å². The Morgan fingerprint density at radius 2 is 1.76 bits per heavy atom. The maximum atomic E-state index is 13.3. The van der Waals surface area contributed by atoms with Crippen molar-refractivity contribution in [2.45, 2.75) is 90.1 Å². The number of halogens is 1. The van der Waals surface area contributed by atoms with Crippen LogP contribution in [0.5, 0.6) is 5.75 Å². The Kier molecular flexibility index (Phi) is 10.8. The van der Waals surface area contributed by atoms with Gasteiger partial charge in [-0.1, -0.05) is 57.2 Å². The molecule has 1 aliphatic rings. The highest BCUT2D eigenvalue weighted by Gasteiger charge is 2.57. The molecule has 10 heteroatoms. The minimum atomic E-state index is -2.16. The van der Waals surface area contributed by atoms with Crippen molar-refractivity contribution >= 4 is 48.7 Å². The molecule has 0 aromatic heterocycles. The van der Waals surface area contributed by atoms with E-state index in [1.54, 1.807) is 23.1 Å². The largest absolute Gasteiger partial charge is 0.488 e. The topological polar surface area (TPSA) is 86.1 Å². The van der Waals surface area contributed by atoms with Gasteiger partial charge in [-0.3, -0.25) is 4.90 Å². The Hall–Kier alpha value is -2.57. The van der Waals surface area contributed by atoms with E-state index >= 15 is 0 Å². The van der Waals surface area contributed by atoms with E-state index in [2.05, 4.69) is 68.4 Å². The van der Waals surface area contributed by atoms with Gasteiger partial charge < -0.3 is 24.0 Å². The van der Waals surface area contributed by atoms with Gasteiger partial charge in [0.15, 0.2) is 8.32 Å². The van der Waals surface area contributed by atoms with Crippen LogP contribution in [0, 0.1) is 3.57 Å². The van der Waals surface area contributed by atoms with Crippen LogP contribution >= 0.6 is 22.6 Å². The zero-order valence-electron chi connectivity index (χ0n) is 26.2. The van der Waals surface area contributed by atoms with Crippen LogP contribution in [0.3, 0.4) is 0 Å². The second-order valence-corrected chi connectivity index (χ2v) is 18.8. The normalized spacial score (nSPS) is 17.7. The first-order chi connectivity index (χ1) is 19.5. The maximum Gasteiger partial charge on any atom is 0.411 e. The van der Waals surface area contributed by atoms with Gasteiger partial charge in [-0.2, -0.15) is 0 Å². The minimum Gasteiger partial charge on any atom is -0.488 e. The number of methoxy groups -OCH3 is 1. The third-order valence-corrected chi connectivity index (χ3v) is 13.2. The maximum absolute atomic E-state index is 13.3. The number of anilines is 1. The summed E-state index contributed by atoms with van der Waals surface area (Å²) in [5, 5.41) is 3.45. The Bertz CT molecular complexity index is 1270. The highest BCUT2D eigenvalue weighted by molar-refractivity contribution is 14.1. The van der Waals surface area contributed by atoms with Crippen molar-refractivity contribution in [2.24, 2.45) is 0 Å². The molecule has 0 aliphatic carbocycles. The molecule has 1 fully saturated rings. The summed E-state index contributed by atoms with van der Waals surface area (Å²) in [6, 6.07) is 12.8. The third kappa shape index (κ3) is 8.50. The molecule has 0 radical (unpaired) electrons. The van der Waals surface area contributed by atoms with E-state index in [-0.39, 0.29) is 23.2 Å². The van der Waals surface area contributed by atoms with Crippen LogP contribution in [-0.2, 0) is 20.5 Å². The number of nitrogens with zero attached hydrogens (tertiary/aromatic N) is 1. The summed E-state index contributed by atoms with van der Waals surface area (Å²) in [5.41, 5.74) is 1.45. The highest BCUT2D eigenvalue weighted by atomic mass is 127. The van der Waals surface area contributed by atoms with Gasteiger partial charge in [0.25, 0.3) is 0 Å². The summed E-state index contributed by atoms with van der Waals surface area (Å²) in [7, 11) is -0.806. The number of carbonyl (C=O) groups excluding carboxylic acids is 2. The Labute approximate surface area is 265 Å². The van der Waals surface area contributed by atoms with Crippen molar-refractivity contribution < 1.29 is 28.2 Å². The average molecular weight is 709 g/mol. The lowest BCUT2D eigenvalue weighted by atomic mass is 10.1. The minimum absolute atomic E-state index is 0.00572. The molecule has 0 spiro atoms. The van der Waals surface area contributed by atoms with Crippen LogP contribution in [0.1, 0.15) is 57.5 Å². The molecule has 1 amide bonds. The van der Waals surface area contributed by atoms with Crippen LogP contribution in [0.4, 0.5) is 10.5 Å². The number of hydrogen-bond acceptors (Lipinski definition) is 7. The molecule has 230 valence electrons. The van der Waals surface area contributed by atoms with Crippen molar-refractivity contribution in [3.63, 3.8) is 0 Å². The molecule has 3 atom stereocenters. The SMILES string of the molecule is C=C[C@H](O[Si](C)(C)C(C)(C)C)[C@@H]1[C@@H](CNc2cc(C(=O)OC)cc(OCc3ccccc3)c2I)N1C(=O)OC(C)(C)C. The third-order valence-electron chi connectivity index (χ3n) is 7.59. The van der Waals surface area contributed by atoms with Crippen molar-refractivity contribution in [1.82, 2.24) is 4.90 Å². The molecule has 0 unspecified atom stereocenters. The number of rotatable bonds is 11. The Morgan fingerprint density at radius 1 is 1.12 bits per heavy atom. The van der Waals surface area contributed by atoms with Crippen molar-refractivity contribution in [1.29, 1.82) is 0 Å². The molecule has 2 aromatic rings. The quantitative estimate of drug-likeness (QED) is 0.0845. The van der Waals surface area contributed by atoms with Crippen molar-refractivity contribution in [3.8, 4) is 5.75 Å². The van der Waals surface area contributed by atoms with E-state index in [9.17, 15) is 9.59 Å². The molecule has 0 bridgehead atoms. The second-order valence-electron chi connectivity index (χ2n) is 13.0. The molecule has 2 aromatic carbocycles. The number of hydrogen-bond donors (Lipinski definition) is 1. The monoisotopic (exact) mass is 708 g/mol. The van der Waals surface area contributed by atoms with Gasteiger partial charge in [0.05, 0.1) is 40.1 Å². The van der Waals surface area contributed by atoms with Gasteiger partial charge in [0, 0.05) is 6.54 Å². The standard InChI is InChI=1S/C32H45IN2O6Si/c1-11-25(41-42(9,10)32(5,6)7)28-24(35(28)30(37)40-31(2,3)4)19-34-23-17-22(29(36)38-8)18-26(27(23)33)39-20-21-15-13-12-14-16-21/h11-18,24-25,28,34H,1,19-20H2,2-10H3/t24-,25+,28+,35?/m1/s1. The molecule has 42 heavy (non-hydrogen) atoms. The van der Waals surface area contributed by atoms with Gasteiger partial charge in [-0.15, -0.1) is 6.58 Å². The number of carbonyl (C=O) groups is 2. The van der Waals surface area contributed by atoms with Gasteiger partial charge in [-0.05, 0) is 79.2 Å². The first-order valence-corrected chi connectivity index (χ1v) is 18.1. The van der Waals surface area contributed by atoms with Crippen LogP contribution in [-0.4, -0.2) is 62.7 Å². The number of ether oxygens (including phenoxy) is 3. The molecular weight excluding hydrogens is 663 g/mol. The molecule has 1 saturated heterocycles. The molecule has 1 aliphatic heterocycles.